The van der Waals surface area contributed by atoms with Crippen LogP contribution in [0.4, 0.5) is 17.6 Å². The van der Waals surface area contributed by atoms with Gasteiger partial charge in [0.05, 0.1) is 5.70 Å². The summed E-state index contributed by atoms with van der Waals surface area (Å²) in [6.45, 7) is 0.922. The standard InChI is InChI=1S/C18H15F4N3O/c1-10-18(24-17(23)25(10)2,12-6-13(19)9-14(20)7-12)11-4-3-5-15(8-11)26-16(21)22/h3-9,16H,1H2,2H3,(H2,23,24). The largest absolute Gasteiger partial charge is 0.435 e. The van der Waals surface area contributed by atoms with Gasteiger partial charge in [0, 0.05) is 13.1 Å². The van der Waals surface area contributed by atoms with Crippen molar-refractivity contribution in [1.82, 2.24) is 4.90 Å². The number of hydrogen-bond donors (Lipinski definition) is 1. The van der Waals surface area contributed by atoms with Gasteiger partial charge in [-0.2, -0.15) is 8.78 Å². The zero-order valence-corrected chi connectivity index (χ0v) is 13.7. The zero-order chi connectivity index (χ0) is 19.1. The maximum Gasteiger partial charge on any atom is 0.387 e. The molecule has 2 aromatic carbocycles. The molecule has 0 amide bonds. The lowest BCUT2D eigenvalue weighted by atomic mass is 9.81. The van der Waals surface area contributed by atoms with E-state index in [1.165, 1.54) is 23.1 Å². The van der Waals surface area contributed by atoms with Crippen molar-refractivity contribution in [3.8, 4) is 5.75 Å². The summed E-state index contributed by atoms with van der Waals surface area (Å²) < 4.78 is 57.3. The van der Waals surface area contributed by atoms with E-state index in [1.807, 2.05) is 0 Å². The summed E-state index contributed by atoms with van der Waals surface area (Å²) in [4.78, 5) is 5.83. The van der Waals surface area contributed by atoms with Gasteiger partial charge in [0.15, 0.2) is 11.5 Å². The number of nitrogens with two attached hydrogens (primary N) is 1. The van der Waals surface area contributed by atoms with Gasteiger partial charge >= 0.3 is 6.61 Å². The highest BCUT2D eigenvalue weighted by Gasteiger charge is 2.45. The molecule has 0 spiro atoms. The molecule has 2 aromatic rings. The highest BCUT2D eigenvalue weighted by Crippen LogP contribution is 2.45. The number of aliphatic imine (C=N–C) groups is 1. The van der Waals surface area contributed by atoms with Gasteiger partial charge in [-0.25, -0.2) is 13.8 Å². The van der Waals surface area contributed by atoms with Crippen LogP contribution < -0.4 is 10.5 Å². The number of hydrogen-bond acceptors (Lipinski definition) is 4. The Morgan fingerprint density at radius 2 is 1.77 bits per heavy atom. The van der Waals surface area contributed by atoms with Gasteiger partial charge in [-0.05, 0) is 35.4 Å². The number of guanidine groups is 1. The third-order valence-corrected chi connectivity index (χ3v) is 4.21. The van der Waals surface area contributed by atoms with Crippen LogP contribution in [-0.4, -0.2) is 24.5 Å². The summed E-state index contributed by atoms with van der Waals surface area (Å²) in [6.07, 6.45) is 0. The van der Waals surface area contributed by atoms with Crippen molar-refractivity contribution in [2.75, 3.05) is 7.05 Å². The molecule has 0 saturated carbocycles. The Bertz CT molecular complexity index is 880. The summed E-state index contributed by atoms with van der Waals surface area (Å²) in [5.74, 6) is -1.67. The predicted molar refractivity (Wildman–Crippen MR) is 88.7 cm³/mol. The first-order chi connectivity index (χ1) is 12.2. The summed E-state index contributed by atoms with van der Waals surface area (Å²) >= 11 is 0. The molecule has 26 heavy (non-hydrogen) atoms. The molecule has 0 aromatic heterocycles. The molecule has 1 aliphatic heterocycles. The average molecular weight is 365 g/mol. The molecule has 1 unspecified atom stereocenters. The Balaban J connectivity index is 2.25. The van der Waals surface area contributed by atoms with Gasteiger partial charge in [-0.1, -0.05) is 18.7 Å². The SMILES string of the molecule is C=C1N(C)C(N)=NC1(c1cc(F)cc(F)c1)c1cccc(OC(F)F)c1. The van der Waals surface area contributed by atoms with Crippen LogP contribution in [0.1, 0.15) is 11.1 Å². The Kier molecular flexibility index (Phi) is 4.35. The molecule has 3 rings (SSSR count). The lowest BCUT2D eigenvalue weighted by Crippen LogP contribution is -2.32. The fourth-order valence-corrected chi connectivity index (χ4v) is 2.98. The van der Waals surface area contributed by atoms with E-state index >= 15 is 0 Å². The minimum Gasteiger partial charge on any atom is -0.435 e. The molecule has 136 valence electrons. The monoisotopic (exact) mass is 365 g/mol. The third kappa shape index (κ3) is 2.87. The summed E-state index contributed by atoms with van der Waals surface area (Å²) in [5, 5.41) is 0. The van der Waals surface area contributed by atoms with E-state index in [9.17, 15) is 17.6 Å². The smallest absolute Gasteiger partial charge is 0.387 e. The molecule has 4 nitrogen and oxygen atoms in total. The van der Waals surface area contributed by atoms with Crippen LogP contribution in [0.15, 0.2) is 59.7 Å². The van der Waals surface area contributed by atoms with E-state index in [2.05, 4.69) is 16.3 Å². The van der Waals surface area contributed by atoms with Crippen LogP contribution in [0.3, 0.4) is 0 Å². The molecule has 0 aliphatic carbocycles. The molecular weight excluding hydrogens is 350 g/mol. The number of likely N-dealkylation sites (N-methyl/N-ethyl adjacent to an activating group) is 1. The van der Waals surface area contributed by atoms with E-state index in [-0.39, 0.29) is 17.3 Å². The number of halogens is 4. The second-order valence-corrected chi connectivity index (χ2v) is 5.75. The van der Waals surface area contributed by atoms with Crippen LogP contribution >= 0.6 is 0 Å². The fourth-order valence-electron chi connectivity index (χ4n) is 2.98. The molecule has 1 heterocycles. The van der Waals surface area contributed by atoms with Crippen molar-refractivity contribution >= 4 is 5.96 Å². The van der Waals surface area contributed by atoms with Crippen LogP contribution in [0.5, 0.6) is 5.75 Å². The minimum atomic E-state index is -3.02. The summed E-state index contributed by atoms with van der Waals surface area (Å²) in [5.41, 5.74) is 5.19. The Labute approximate surface area is 147 Å². The van der Waals surface area contributed by atoms with Crippen molar-refractivity contribution in [3.05, 3.63) is 77.5 Å². The Morgan fingerprint density at radius 3 is 2.31 bits per heavy atom. The van der Waals surface area contributed by atoms with E-state index in [4.69, 9.17) is 5.73 Å². The molecule has 0 saturated heterocycles. The number of benzene rings is 2. The first-order valence-corrected chi connectivity index (χ1v) is 7.54. The lowest BCUT2D eigenvalue weighted by molar-refractivity contribution is -0.0499. The number of ether oxygens (including phenoxy) is 1. The molecule has 8 heteroatoms. The van der Waals surface area contributed by atoms with Crippen LogP contribution in [0, 0.1) is 11.6 Å². The van der Waals surface area contributed by atoms with E-state index in [0.717, 1.165) is 18.2 Å². The summed E-state index contributed by atoms with van der Waals surface area (Å²) in [6, 6.07) is 8.63. The van der Waals surface area contributed by atoms with Gasteiger partial charge in [-0.15, -0.1) is 0 Å². The third-order valence-electron chi connectivity index (χ3n) is 4.21. The minimum absolute atomic E-state index is 0.0693. The van der Waals surface area contributed by atoms with Crippen molar-refractivity contribution in [2.45, 2.75) is 12.2 Å². The second-order valence-electron chi connectivity index (χ2n) is 5.75. The van der Waals surface area contributed by atoms with Gasteiger partial charge in [0.1, 0.15) is 17.4 Å². The molecule has 0 radical (unpaired) electrons. The number of alkyl halides is 2. The molecule has 1 aliphatic rings. The van der Waals surface area contributed by atoms with Crippen molar-refractivity contribution in [1.29, 1.82) is 0 Å². The summed E-state index contributed by atoms with van der Waals surface area (Å²) in [7, 11) is 1.60. The predicted octanol–water partition coefficient (Wildman–Crippen LogP) is 3.58. The van der Waals surface area contributed by atoms with Gasteiger partial charge < -0.3 is 15.4 Å². The quantitative estimate of drug-likeness (QED) is 0.843. The maximum absolute atomic E-state index is 13.9. The van der Waals surface area contributed by atoms with Crippen LogP contribution in [0.25, 0.3) is 0 Å². The average Bonchev–Trinajstić information content (AvgIpc) is 2.79. The first kappa shape index (κ1) is 17.8. The van der Waals surface area contributed by atoms with Gasteiger partial charge in [0.2, 0.25) is 0 Å². The highest BCUT2D eigenvalue weighted by atomic mass is 19.3. The Hall–Kier alpha value is -3.03. The van der Waals surface area contributed by atoms with Crippen molar-refractivity contribution in [2.24, 2.45) is 10.7 Å². The van der Waals surface area contributed by atoms with E-state index < -0.39 is 23.8 Å². The fraction of sp³-hybridized carbons (Fsp3) is 0.167. The second kappa shape index (κ2) is 6.36. The first-order valence-electron chi connectivity index (χ1n) is 7.54. The van der Waals surface area contributed by atoms with Crippen molar-refractivity contribution in [3.63, 3.8) is 0 Å². The molecule has 0 bridgehead atoms. The molecular formula is C18H15F4N3O. The highest BCUT2D eigenvalue weighted by molar-refractivity contribution is 5.85. The van der Waals surface area contributed by atoms with Crippen molar-refractivity contribution < 1.29 is 22.3 Å². The van der Waals surface area contributed by atoms with Crippen LogP contribution in [0.2, 0.25) is 0 Å². The zero-order valence-electron chi connectivity index (χ0n) is 13.7. The molecule has 2 N–H and O–H groups in total. The normalized spacial score (nSPS) is 19.8. The Morgan fingerprint density at radius 1 is 1.12 bits per heavy atom. The van der Waals surface area contributed by atoms with E-state index in [0.29, 0.717) is 11.3 Å². The van der Waals surface area contributed by atoms with Gasteiger partial charge in [-0.3, -0.25) is 0 Å². The lowest BCUT2D eigenvalue weighted by Gasteiger charge is -2.30. The number of nitrogens with zero attached hydrogens (tertiary/aromatic N) is 2. The molecule has 1 atom stereocenters. The maximum atomic E-state index is 13.9. The van der Waals surface area contributed by atoms with E-state index in [1.54, 1.807) is 13.1 Å². The van der Waals surface area contributed by atoms with Gasteiger partial charge in [0.25, 0.3) is 0 Å². The molecule has 0 fully saturated rings. The topological polar surface area (TPSA) is 50.8 Å². The van der Waals surface area contributed by atoms with Crippen LogP contribution in [-0.2, 0) is 5.54 Å². The number of rotatable bonds is 4.